The Morgan fingerprint density at radius 1 is 1.39 bits per heavy atom. The number of hydrogen-bond donors (Lipinski definition) is 1. The van der Waals surface area contributed by atoms with E-state index in [4.69, 9.17) is 9.52 Å². The van der Waals surface area contributed by atoms with Crippen LogP contribution in [0.5, 0.6) is 0 Å². The molecule has 1 N–H and O–H groups in total. The highest BCUT2D eigenvalue weighted by molar-refractivity contribution is 5.86. The molecule has 0 radical (unpaired) electrons. The summed E-state index contributed by atoms with van der Waals surface area (Å²) in [5.41, 5.74) is -0.0148. The van der Waals surface area contributed by atoms with Crippen LogP contribution in [0.15, 0.2) is 4.42 Å². The highest BCUT2D eigenvalue weighted by atomic mass is 16.4. The number of piperidine rings is 1. The Balaban J connectivity index is 2.08. The van der Waals surface area contributed by atoms with E-state index in [0.29, 0.717) is 24.7 Å². The van der Waals surface area contributed by atoms with Crippen LogP contribution in [0.2, 0.25) is 0 Å². The highest BCUT2D eigenvalue weighted by Crippen LogP contribution is 2.28. The van der Waals surface area contributed by atoms with Crippen molar-refractivity contribution in [3.05, 3.63) is 17.3 Å². The van der Waals surface area contributed by atoms with Crippen LogP contribution in [-0.4, -0.2) is 40.0 Å². The van der Waals surface area contributed by atoms with Gasteiger partial charge in [-0.1, -0.05) is 0 Å². The number of carbonyl (C=O) groups excluding carboxylic acids is 1. The predicted molar refractivity (Wildman–Crippen MR) is 62.4 cm³/mol. The zero-order valence-corrected chi connectivity index (χ0v) is 10.5. The fourth-order valence-corrected chi connectivity index (χ4v) is 2.23. The smallest absolute Gasteiger partial charge is 0.358 e. The van der Waals surface area contributed by atoms with Crippen LogP contribution in [0.1, 0.15) is 47.8 Å². The maximum atomic E-state index is 11.2. The Morgan fingerprint density at radius 3 is 2.44 bits per heavy atom. The second-order valence-electron chi connectivity index (χ2n) is 4.54. The molecule has 2 rings (SSSR count). The van der Waals surface area contributed by atoms with Gasteiger partial charge in [0.1, 0.15) is 5.76 Å². The van der Waals surface area contributed by atoms with Gasteiger partial charge in [-0.15, -0.1) is 0 Å². The van der Waals surface area contributed by atoms with Crippen LogP contribution >= 0.6 is 0 Å². The number of rotatable bonds is 2. The van der Waals surface area contributed by atoms with Crippen molar-refractivity contribution >= 4 is 11.9 Å². The lowest BCUT2D eigenvalue weighted by molar-refractivity contribution is -0.129. The van der Waals surface area contributed by atoms with Crippen LogP contribution < -0.4 is 0 Å². The van der Waals surface area contributed by atoms with Gasteiger partial charge in [0.15, 0.2) is 11.6 Å². The quantitative estimate of drug-likeness (QED) is 0.860. The van der Waals surface area contributed by atoms with Crippen molar-refractivity contribution in [3.8, 4) is 0 Å². The number of aromatic carboxylic acids is 1. The molecule has 1 aliphatic rings. The van der Waals surface area contributed by atoms with Gasteiger partial charge in [0, 0.05) is 25.9 Å². The number of carbonyl (C=O) groups is 2. The maximum absolute atomic E-state index is 11.2. The Morgan fingerprint density at radius 2 is 2.00 bits per heavy atom. The lowest BCUT2D eigenvalue weighted by Gasteiger charge is -2.29. The Hall–Kier alpha value is -1.85. The number of aryl methyl sites for hydroxylation is 1. The van der Waals surface area contributed by atoms with Gasteiger partial charge in [-0.2, -0.15) is 0 Å². The second kappa shape index (κ2) is 4.80. The zero-order valence-electron chi connectivity index (χ0n) is 10.5. The first-order valence-corrected chi connectivity index (χ1v) is 5.95. The first-order valence-electron chi connectivity index (χ1n) is 5.95. The van der Waals surface area contributed by atoms with E-state index in [2.05, 4.69) is 4.98 Å². The topological polar surface area (TPSA) is 83.6 Å². The molecule has 18 heavy (non-hydrogen) atoms. The zero-order chi connectivity index (χ0) is 13.3. The van der Waals surface area contributed by atoms with E-state index in [9.17, 15) is 9.59 Å². The molecule has 1 aromatic rings. The predicted octanol–water partition coefficient (Wildman–Crippen LogP) is 1.41. The Kier molecular flexibility index (Phi) is 3.36. The lowest BCUT2D eigenvalue weighted by atomic mass is 9.97. The van der Waals surface area contributed by atoms with Crippen molar-refractivity contribution in [2.45, 2.75) is 32.6 Å². The standard InChI is InChI=1S/C12H16N2O4/c1-7-10(12(16)17)13-11(18-7)9-3-5-14(6-4-9)8(2)15/h9H,3-6H2,1-2H3,(H,16,17). The molecule has 0 saturated carbocycles. The molecule has 1 aromatic heterocycles. The summed E-state index contributed by atoms with van der Waals surface area (Å²) >= 11 is 0. The van der Waals surface area contributed by atoms with Crippen molar-refractivity contribution < 1.29 is 19.1 Å². The maximum Gasteiger partial charge on any atom is 0.358 e. The van der Waals surface area contributed by atoms with Gasteiger partial charge in [0.05, 0.1) is 0 Å². The molecule has 6 heteroatoms. The lowest BCUT2D eigenvalue weighted by Crippen LogP contribution is -2.36. The minimum Gasteiger partial charge on any atom is -0.476 e. The molecule has 0 unspecified atom stereocenters. The number of carboxylic acids is 1. The molecule has 0 atom stereocenters. The van der Waals surface area contributed by atoms with Crippen LogP contribution in [0.3, 0.4) is 0 Å². The van der Waals surface area contributed by atoms with E-state index in [1.807, 2.05) is 0 Å². The average molecular weight is 252 g/mol. The SMILES string of the molecule is CC(=O)N1CCC(c2nc(C(=O)O)c(C)o2)CC1. The summed E-state index contributed by atoms with van der Waals surface area (Å²) in [6.07, 6.45) is 1.52. The van der Waals surface area contributed by atoms with Crippen molar-refractivity contribution in [1.82, 2.24) is 9.88 Å². The summed E-state index contributed by atoms with van der Waals surface area (Å²) in [4.78, 5) is 27.9. The first kappa shape index (κ1) is 12.6. The third kappa shape index (κ3) is 2.37. The molecule has 1 fully saturated rings. The Bertz CT molecular complexity index is 472. The molecular weight excluding hydrogens is 236 g/mol. The summed E-state index contributed by atoms with van der Waals surface area (Å²) in [5.74, 6) is -0.0704. The van der Waals surface area contributed by atoms with E-state index >= 15 is 0 Å². The van der Waals surface area contributed by atoms with Gasteiger partial charge < -0.3 is 14.4 Å². The van der Waals surface area contributed by atoms with E-state index in [1.165, 1.54) is 0 Å². The van der Waals surface area contributed by atoms with Gasteiger partial charge in [-0.3, -0.25) is 4.79 Å². The van der Waals surface area contributed by atoms with Crippen LogP contribution in [0.4, 0.5) is 0 Å². The van der Waals surface area contributed by atoms with Crippen molar-refractivity contribution in [2.24, 2.45) is 0 Å². The summed E-state index contributed by atoms with van der Waals surface area (Å²) in [7, 11) is 0. The number of carboxylic acid groups (broad SMARTS) is 1. The molecule has 2 heterocycles. The number of aromatic nitrogens is 1. The molecule has 6 nitrogen and oxygen atoms in total. The van der Waals surface area contributed by atoms with Crippen LogP contribution in [0.25, 0.3) is 0 Å². The number of nitrogens with zero attached hydrogens (tertiary/aromatic N) is 2. The minimum absolute atomic E-state index is 0.0148. The Labute approximate surface area is 105 Å². The van der Waals surface area contributed by atoms with Crippen molar-refractivity contribution in [1.29, 1.82) is 0 Å². The van der Waals surface area contributed by atoms with Gasteiger partial charge in [0.2, 0.25) is 5.91 Å². The summed E-state index contributed by atoms with van der Waals surface area (Å²) < 4.78 is 5.42. The average Bonchev–Trinajstić information content (AvgIpc) is 2.71. The fraction of sp³-hybridized carbons (Fsp3) is 0.583. The summed E-state index contributed by atoms with van der Waals surface area (Å²) in [6, 6.07) is 0. The summed E-state index contributed by atoms with van der Waals surface area (Å²) in [6.45, 7) is 4.50. The molecule has 1 aliphatic heterocycles. The summed E-state index contributed by atoms with van der Waals surface area (Å²) in [5, 5.41) is 8.92. The van der Waals surface area contributed by atoms with Gasteiger partial charge in [-0.25, -0.2) is 9.78 Å². The van der Waals surface area contributed by atoms with Gasteiger partial charge >= 0.3 is 5.97 Å². The molecule has 1 saturated heterocycles. The molecule has 0 spiro atoms. The van der Waals surface area contributed by atoms with E-state index in [-0.39, 0.29) is 17.5 Å². The molecule has 1 amide bonds. The number of amides is 1. The molecular formula is C12H16N2O4. The second-order valence-corrected chi connectivity index (χ2v) is 4.54. The highest BCUT2D eigenvalue weighted by Gasteiger charge is 2.27. The number of likely N-dealkylation sites (tertiary alicyclic amines) is 1. The normalized spacial score (nSPS) is 16.9. The number of hydrogen-bond acceptors (Lipinski definition) is 4. The van der Waals surface area contributed by atoms with E-state index in [1.54, 1.807) is 18.7 Å². The van der Waals surface area contributed by atoms with Gasteiger partial charge in [0.25, 0.3) is 0 Å². The van der Waals surface area contributed by atoms with E-state index in [0.717, 1.165) is 12.8 Å². The third-order valence-corrected chi connectivity index (χ3v) is 3.31. The molecule has 98 valence electrons. The van der Waals surface area contributed by atoms with Gasteiger partial charge in [-0.05, 0) is 19.8 Å². The van der Waals surface area contributed by atoms with Crippen molar-refractivity contribution in [3.63, 3.8) is 0 Å². The van der Waals surface area contributed by atoms with Crippen molar-refractivity contribution in [2.75, 3.05) is 13.1 Å². The number of oxazole rings is 1. The largest absolute Gasteiger partial charge is 0.476 e. The molecule has 0 aliphatic carbocycles. The first-order chi connectivity index (χ1) is 8.49. The molecule has 0 aromatic carbocycles. The minimum atomic E-state index is -1.07. The fourth-order valence-electron chi connectivity index (χ4n) is 2.23. The van der Waals surface area contributed by atoms with Crippen LogP contribution in [-0.2, 0) is 4.79 Å². The van der Waals surface area contributed by atoms with E-state index < -0.39 is 5.97 Å². The third-order valence-electron chi connectivity index (χ3n) is 3.31. The monoisotopic (exact) mass is 252 g/mol. The van der Waals surface area contributed by atoms with Crippen LogP contribution in [0, 0.1) is 6.92 Å². The molecule has 0 bridgehead atoms.